The van der Waals surface area contributed by atoms with Gasteiger partial charge in [0.2, 0.25) is 10.0 Å². The quantitative estimate of drug-likeness (QED) is 0.488. The minimum absolute atomic E-state index is 0.0254. The first kappa shape index (κ1) is 22.4. The summed E-state index contributed by atoms with van der Waals surface area (Å²) in [6.45, 7) is -0.313. The van der Waals surface area contributed by atoms with Gasteiger partial charge in [-0.05, 0) is 60.2 Å². The Balaban J connectivity index is 1.57. The fourth-order valence-corrected chi connectivity index (χ4v) is 4.64. The van der Waals surface area contributed by atoms with Crippen LogP contribution in [0.1, 0.15) is 5.56 Å². The van der Waals surface area contributed by atoms with Crippen LogP contribution in [0.5, 0.6) is 11.5 Å². The van der Waals surface area contributed by atoms with E-state index in [1.54, 1.807) is 18.3 Å². The number of carbonyl (C=O) groups is 2. The zero-order valence-corrected chi connectivity index (χ0v) is 18.0. The molecule has 2 aromatic carbocycles. The van der Waals surface area contributed by atoms with Gasteiger partial charge in [0.05, 0.1) is 4.90 Å². The summed E-state index contributed by atoms with van der Waals surface area (Å²) in [6, 6.07) is 12.8. The highest BCUT2D eigenvalue weighted by molar-refractivity contribution is 7.89. The van der Waals surface area contributed by atoms with Gasteiger partial charge in [0, 0.05) is 25.5 Å². The van der Waals surface area contributed by atoms with Crippen molar-refractivity contribution < 1.29 is 27.1 Å². The lowest BCUT2D eigenvalue weighted by Gasteiger charge is -2.24. The number of amides is 3. The highest BCUT2D eigenvalue weighted by Crippen LogP contribution is 2.25. The molecule has 0 aliphatic carbocycles. The molecule has 1 saturated heterocycles. The van der Waals surface area contributed by atoms with Crippen molar-refractivity contribution >= 4 is 22.0 Å². The molecule has 2 N–H and O–H groups in total. The molecule has 170 valence electrons. The summed E-state index contributed by atoms with van der Waals surface area (Å²) in [7, 11) is -4.05. The Morgan fingerprint density at radius 3 is 2.24 bits per heavy atom. The maximum Gasteiger partial charge on any atom is 0.322 e. The number of benzene rings is 2. The fourth-order valence-electron chi connectivity index (χ4n) is 3.20. The Morgan fingerprint density at radius 1 is 1.00 bits per heavy atom. The van der Waals surface area contributed by atoms with E-state index in [4.69, 9.17) is 4.74 Å². The first-order valence-electron chi connectivity index (χ1n) is 9.85. The van der Waals surface area contributed by atoms with Crippen LogP contribution in [0.3, 0.4) is 0 Å². The van der Waals surface area contributed by atoms with Crippen molar-refractivity contribution in [1.82, 2.24) is 19.9 Å². The van der Waals surface area contributed by atoms with Crippen LogP contribution in [0.25, 0.3) is 0 Å². The highest BCUT2D eigenvalue weighted by Gasteiger charge is 2.35. The zero-order valence-electron chi connectivity index (χ0n) is 17.1. The predicted octanol–water partition coefficient (Wildman–Crippen LogP) is 2.41. The van der Waals surface area contributed by atoms with E-state index < -0.39 is 33.8 Å². The number of ether oxygens (including phenoxy) is 1. The monoisotopic (exact) mass is 470 g/mol. The largest absolute Gasteiger partial charge is 0.457 e. The summed E-state index contributed by atoms with van der Waals surface area (Å²) in [4.78, 5) is 27.5. The van der Waals surface area contributed by atoms with Gasteiger partial charge < -0.3 is 10.1 Å². The van der Waals surface area contributed by atoms with Gasteiger partial charge in [-0.3, -0.25) is 15.1 Å². The SMILES string of the molecule is O=C1NC(=O)[C@H](CN(Cc2cccnc2)S(=O)(=O)c2ccc(Oc3ccc(F)cc3)cc2)N1. The van der Waals surface area contributed by atoms with Crippen LogP contribution in [0.4, 0.5) is 9.18 Å². The van der Waals surface area contributed by atoms with Crippen molar-refractivity contribution in [3.8, 4) is 11.5 Å². The minimum Gasteiger partial charge on any atom is -0.457 e. The number of nitrogens with one attached hydrogen (secondary N) is 2. The van der Waals surface area contributed by atoms with Gasteiger partial charge in [0.1, 0.15) is 23.4 Å². The predicted molar refractivity (Wildman–Crippen MR) is 115 cm³/mol. The van der Waals surface area contributed by atoms with Crippen LogP contribution >= 0.6 is 0 Å². The molecule has 0 radical (unpaired) electrons. The number of aromatic nitrogens is 1. The van der Waals surface area contributed by atoms with Crippen molar-refractivity contribution in [2.75, 3.05) is 6.54 Å². The molecule has 11 heteroatoms. The third-order valence-corrected chi connectivity index (χ3v) is 6.66. The van der Waals surface area contributed by atoms with E-state index in [1.165, 1.54) is 54.7 Å². The molecule has 0 bridgehead atoms. The highest BCUT2D eigenvalue weighted by atomic mass is 32.2. The Bertz CT molecular complexity index is 1250. The van der Waals surface area contributed by atoms with Crippen molar-refractivity contribution in [1.29, 1.82) is 0 Å². The number of halogens is 1. The second kappa shape index (κ2) is 9.35. The van der Waals surface area contributed by atoms with E-state index >= 15 is 0 Å². The van der Waals surface area contributed by atoms with E-state index in [2.05, 4.69) is 15.6 Å². The van der Waals surface area contributed by atoms with Crippen LogP contribution in [-0.2, 0) is 21.4 Å². The van der Waals surface area contributed by atoms with Crippen molar-refractivity contribution in [3.63, 3.8) is 0 Å². The number of pyridine rings is 1. The van der Waals surface area contributed by atoms with Crippen molar-refractivity contribution in [2.45, 2.75) is 17.5 Å². The second-order valence-corrected chi connectivity index (χ2v) is 9.14. The number of sulfonamides is 1. The number of urea groups is 1. The summed E-state index contributed by atoms with van der Waals surface area (Å²) in [5.41, 5.74) is 0.613. The summed E-state index contributed by atoms with van der Waals surface area (Å²) >= 11 is 0. The average molecular weight is 470 g/mol. The lowest BCUT2D eigenvalue weighted by Crippen LogP contribution is -2.44. The van der Waals surface area contributed by atoms with Gasteiger partial charge in [-0.25, -0.2) is 17.6 Å². The van der Waals surface area contributed by atoms with Crippen LogP contribution in [-0.4, -0.2) is 42.2 Å². The van der Waals surface area contributed by atoms with Gasteiger partial charge >= 0.3 is 6.03 Å². The van der Waals surface area contributed by atoms with Gasteiger partial charge in [0.25, 0.3) is 5.91 Å². The molecule has 1 fully saturated rings. The molecule has 0 unspecified atom stereocenters. The van der Waals surface area contributed by atoms with Gasteiger partial charge in [-0.15, -0.1) is 0 Å². The molecule has 1 aromatic heterocycles. The number of hydrogen-bond acceptors (Lipinski definition) is 6. The average Bonchev–Trinajstić information content (AvgIpc) is 3.12. The molecule has 33 heavy (non-hydrogen) atoms. The maximum absolute atomic E-state index is 13.4. The smallest absolute Gasteiger partial charge is 0.322 e. The Morgan fingerprint density at radius 2 is 1.67 bits per heavy atom. The maximum atomic E-state index is 13.4. The van der Waals surface area contributed by atoms with E-state index in [0.29, 0.717) is 17.1 Å². The normalized spacial score (nSPS) is 15.9. The van der Waals surface area contributed by atoms with Crippen molar-refractivity contribution in [3.05, 3.63) is 84.4 Å². The Kier molecular flexibility index (Phi) is 6.33. The van der Waals surface area contributed by atoms with Crippen LogP contribution in [0.2, 0.25) is 0 Å². The van der Waals surface area contributed by atoms with Crippen molar-refractivity contribution in [2.24, 2.45) is 0 Å². The number of hydrogen-bond donors (Lipinski definition) is 2. The summed E-state index contributed by atoms with van der Waals surface area (Å²) in [6.07, 6.45) is 3.09. The number of rotatable bonds is 8. The minimum atomic E-state index is -4.05. The molecule has 1 aliphatic rings. The molecule has 4 rings (SSSR count). The van der Waals surface area contributed by atoms with Crippen LogP contribution < -0.4 is 15.4 Å². The molecular weight excluding hydrogens is 451 g/mol. The third-order valence-electron chi connectivity index (χ3n) is 4.84. The topological polar surface area (TPSA) is 118 Å². The standard InChI is InChI=1S/C22H19FN4O5S/c23-16-3-5-17(6-4-16)32-18-7-9-19(10-8-18)33(30,31)27(13-15-2-1-11-24-12-15)14-20-21(28)26-22(29)25-20/h1-12,20H,13-14H2,(H2,25,26,28,29)/t20-/m0/s1. The second-order valence-electron chi connectivity index (χ2n) is 7.20. The Hall–Kier alpha value is -3.83. The molecule has 1 aliphatic heterocycles. The lowest BCUT2D eigenvalue weighted by atomic mass is 10.2. The van der Waals surface area contributed by atoms with Crippen LogP contribution in [0, 0.1) is 5.82 Å². The van der Waals surface area contributed by atoms with Gasteiger partial charge in [-0.2, -0.15) is 4.31 Å². The molecule has 0 spiro atoms. The van der Waals surface area contributed by atoms with E-state index in [0.717, 1.165) is 4.31 Å². The fraction of sp³-hybridized carbons (Fsp3) is 0.136. The molecule has 9 nitrogen and oxygen atoms in total. The van der Waals surface area contributed by atoms with Gasteiger partial charge in [-0.1, -0.05) is 6.07 Å². The summed E-state index contributed by atoms with van der Waals surface area (Å²) < 4.78 is 46.6. The van der Waals surface area contributed by atoms with E-state index in [-0.39, 0.29) is 18.0 Å². The Labute approximate surface area is 189 Å². The molecule has 1 atom stereocenters. The number of nitrogens with zero attached hydrogens (tertiary/aromatic N) is 2. The number of imide groups is 1. The lowest BCUT2D eigenvalue weighted by molar-refractivity contribution is -0.120. The summed E-state index contributed by atoms with van der Waals surface area (Å²) in [5, 5.41) is 4.51. The molecule has 0 saturated carbocycles. The first-order chi connectivity index (χ1) is 15.8. The first-order valence-corrected chi connectivity index (χ1v) is 11.3. The zero-order chi connectivity index (χ0) is 23.4. The van der Waals surface area contributed by atoms with E-state index in [9.17, 15) is 22.4 Å². The van der Waals surface area contributed by atoms with E-state index in [1.807, 2.05) is 0 Å². The van der Waals surface area contributed by atoms with Crippen LogP contribution in [0.15, 0.2) is 78.0 Å². The summed E-state index contributed by atoms with van der Waals surface area (Å²) in [5.74, 6) is -0.242. The molecule has 2 heterocycles. The molecule has 3 amide bonds. The molecular formula is C22H19FN4O5S. The third kappa shape index (κ3) is 5.33. The number of carbonyl (C=O) groups excluding carboxylic acids is 2. The van der Waals surface area contributed by atoms with Gasteiger partial charge in [0.15, 0.2) is 0 Å². The molecule has 3 aromatic rings.